The van der Waals surface area contributed by atoms with Gasteiger partial charge in [-0.1, -0.05) is 0 Å². The van der Waals surface area contributed by atoms with Crippen molar-refractivity contribution in [2.24, 2.45) is 0 Å². The predicted octanol–water partition coefficient (Wildman–Crippen LogP) is -0.961. The Bertz CT molecular complexity index is 266. The van der Waals surface area contributed by atoms with Gasteiger partial charge in [0.2, 0.25) is 10.0 Å². The van der Waals surface area contributed by atoms with Gasteiger partial charge in [-0.15, -0.1) is 0 Å². The van der Waals surface area contributed by atoms with Crippen molar-refractivity contribution in [2.45, 2.75) is 31.4 Å². The molecule has 0 aromatic heterocycles. The first kappa shape index (κ1) is 11.9. The standard InChI is InChI=1S/C8H18N2O3S/c1-14(12,13)10-6-5-9-7-3-2-4-8(7)11/h7-11H,2-6H2,1H3/t7-,8-/m1/s1. The molecule has 3 N–H and O–H groups in total. The number of hydrogen-bond donors (Lipinski definition) is 3. The van der Waals surface area contributed by atoms with E-state index >= 15 is 0 Å². The normalized spacial score (nSPS) is 28.1. The van der Waals surface area contributed by atoms with Crippen molar-refractivity contribution in [3.8, 4) is 0 Å². The molecule has 1 aliphatic carbocycles. The Morgan fingerprint density at radius 2 is 2.07 bits per heavy atom. The number of aliphatic hydroxyl groups is 1. The van der Waals surface area contributed by atoms with E-state index < -0.39 is 10.0 Å². The van der Waals surface area contributed by atoms with Crippen LogP contribution >= 0.6 is 0 Å². The van der Waals surface area contributed by atoms with Crippen molar-refractivity contribution in [3.63, 3.8) is 0 Å². The van der Waals surface area contributed by atoms with Gasteiger partial charge in [-0.25, -0.2) is 13.1 Å². The Balaban J connectivity index is 2.09. The van der Waals surface area contributed by atoms with E-state index in [1.807, 2.05) is 0 Å². The Kier molecular flexibility index (Phi) is 4.31. The summed E-state index contributed by atoms with van der Waals surface area (Å²) in [6.45, 7) is 0.941. The number of aliphatic hydroxyl groups excluding tert-OH is 1. The molecule has 0 aromatic carbocycles. The van der Waals surface area contributed by atoms with Gasteiger partial charge in [-0.3, -0.25) is 0 Å². The van der Waals surface area contributed by atoms with Crippen LogP contribution in [0.2, 0.25) is 0 Å². The van der Waals surface area contributed by atoms with Gasteiger partial charge >= 0.3 is 0 Å². The van der Waals surface area contributed by atoms with Gasteiger partial charge in [0.15, 0.2) is 0 Å². The molecule has 0 radical (unpaired) electrons. The molecule has 0 saturated heterocycles. The van der Waals surface area contributed by atoms with Gasteiger partial charge in [-0.05, 0) is 19.3 Å². The molecule has 0 heterocycles. The van der Waals surface area contributed by atoms with Crippen molar-refractivity contribution in [1.29, 1.82) is 0 Å². The zero-order valence-corrected chi connectivity index (χ0v) is 9.18. The summed E-state index contributed by atoms with van der Waals surface area (Å²) in [5, 5.41) is 12.6. The Morgan fingerprint density at radius 1 is 1.36 bits per heavy atom. The maximum absolute atomic E-state index is 10.7. The van der Waals surface area contributed by atoms with Gasteiger partial charge in [0.05, 0.1) is 12.4 Å². The molecule has 1 aliphatic rings. The second-order valence-electron chi connectivity index (χ2n) is 3.73. The predicted molar refractivity (Wildman–Crippen MR) is 54.5 cm³/mol. The van der Waals surface area contributed by atoms with Gasteiger partial charge < -0.3 is 10.4 Å². The molecule has 0 amide bonds. The number of sulfonamides is 1. The van der Waals surface area contributed by atoms with Crippen LogP contribution in [0, 0.1) is 0 Å². The molecule has 0 unspecified atom stereocenters. The molecular weight excluding hydrogens is 204 g/mol. The molecule has 6 heteroatoms. The second kappa shape index (κ2) is 5.06. The van der Waals surface area contributed by atoms with E-state index in [4.69, 9.17) is 0 Å². The van der Waals surface area contributed by atoms with Gasteiger partial charge in [0.25, 0.3) is 0 Å². The molecule has 84 valence electrons. The lowest BCUT2D eigenvalue weighted by Gasteiger charge is -2.16. The van der Waals surface area contributed by atoms with Crippen LogP contribution in [0.15, 0.2) is 0 Å². The topological polar surface area (TPSA) is 78.4 Å². The highest BCUT2D eigenvalue weighted by atomic mass is 32.2. The zero-order valence-electron chi connectivity index (χ0n) is 8.36. The third-order valence-electron chi connectivity index (χ3n) is 2.38. The third-order valence-corrected chi connectivity index (χ3v) is 3.10. The van der Waals surface area contributed by atoms with E-state index in [1.54, 1.807) is 0 Å². The van der Waals surface area contributed by atoms with Gasteiger partial charge in [-0.2, -0.15) is 0 Å². The molecule has 0 aliphatic heterocycles. The fraction of sp³-hybridized carbons (Fsp3) is 1.00. The van der Waals surface area contributed by atoms with Crippen LogP contribution in [0.5, 0.6) is 0 Å². The van der Waals surface area contributed by atoms with Gasteiger partial charge in [0, 0.05) is 19.1 Å². The summed E-state index contributed by atoms with van der Waals surface area (Å²) >= 11 is 0. The lowest BCUT2D eigenvalue weighted by atomic mass is 10.2. The third kappa shape index (κ3) is 4.36. The van der Waals surface area contributed by atoms with E-state index in [1.165, 1.54) is 0 Å². The zero-order chi connectivity index (χ0) is 10.6. The highest BCUT2D eigenvalue weighted by Crippen LogP contribution is 2.18. The second-order valence-corrected chi connectivity index (χ2v) is 5.56. The lowest BCUT2D eigenvalue weighted by Crippen LogP contribution is -2.40. The van der Waals surface area contributed by atoms with Crippen molar-refractivity contribution in [3.05, 3.63) is 0 Å². The molecule has 1 saturated carbocycles. The molecule has 0 spiro atoms. The fourth-order valence-corrected chi connectivity index (χ4v) is 2.15. The quantitative estimate of drug-likeness (QED) is 0.523. The minimum Gasteiger partial charge on any atom is -0.392 e. The summed E-state index contributed by atoms with van der Waals surface area (Å²) in [4.78, 5) is 0. The first-order chi connectivity index (χ1) is 6.49. The van der Waals surface area contributed by atoms with Crippen LogP contribution in [0.25, 0.3) is 0 Å². The Morgan fingerprint density at radius 3 is 2.57 bits per heavy atom. The van der Waals surface area contributed by atoms with Crippen molar-refractivity contribution >= 4 is 10.0 Å². The van der Waals surface area contributed by atoms with E-state index in [2.05, 4.69) is 10.0 Å². The summed E-state index contributed by atoms with van der Waals surface area (Å²) in [5.41, 5.74) is 0. The fourth-order valence-electron chi connectivity index (χ4n) is 1.67. The number of nitrogens with one attached hydrogen (secondary N) is 2. The summed E-state index contributed by atoms with van der Waals surface area (Å²) in [6.07, 6.45) is 3.72. The first-order valence-electron chi connectivity index (χ1n) is 4.85. The van der Waals surface area contributed by atoms with Crippen LogP contribution in [0.4, 0.5) is 0 Å². The smallest absolute Gasteiger partial charge is 0.208 e. The highest BCUT2D eigenvalue weighted by Gasteiger charge is 2.23. The first-order valence-corrected chi connectivity index (χ1v) is 6.74. The van der Waals surface area contributed by atoms with Crippen LogP contribution in [-0.2, 0) is 10.0 Å². The SMILES string of the molecule is CS(=O)(=O)NCCN[C@@H]1CCC[C@H]1O. The average Bonchev–Trinajstić information content (AvgIpc) is 2.44. The largest absolute Gasteiger partial charge is 0.392 e. The molecular formula is C8H18N2O3S. The van der Waals surface area contributed by atoms with Crippen molar-refractivity contribution in [1.82, 2.24) is 10.0 Å². The molecule has 0 aromatic rings. The van der Waals surface area contributed by atoms with Crippen LogP contribution in [0.3, 0.4) is 0 Å². The molecule has 14 heavy (non-hydrogen) atoms. The van der Waals surface area contributed by atoms with Crippen LogP contribution in [-0.4, -0.2) is 45.0 Å². The average molecular weight is 222 g/mol. The van der Waals surface area contributed by atoms with E-state index in [9.17, 15) is 13.5 Å². The Hall–Kier alpha value is -0.170. The summed E-state index contributed by atoms with van der Waals surface area (Å²) in [6, 6.07) is 0.136. The molecule has 1 fully saturated rings. The summed E-state index contributed by atoms with van der Waals surface area (Å²) in [7, 11) is -3.09. The van der Waals surface area contributed by atoms with E-state index in [0.29, 0.717) is 13.1 Å². The minimum absolute atomic E-state index is 0.136. The maximum atomic E-state index is 10.7. The molecule has 2 atom stereocenters. The molecule has 5 nitrogen and oxygen atoms in total. The Labute approximate surface area is 84.9 Å². The van der Waals surface area contributed by atoms with E-state index in [-0.39, 0.29) is 12.1 Å². The maximum Gasteiger partial charge on any atom is 0.208 e. The lowest BCUT2D eigenvalue weighted by molar-refractivity contribution is 0.150. The summed E-state index contributed by atoms with van der Waals surface area (Å²) in [5.74, 6) is 0. The minimum atomic E-state index is -3.09. The monoisotopic (exact) mass is 222 g/mol. The number of hydrogen-bond acceptors (Lipinski definition) is 4. The number of rotatable bonds is 5. The molecule has 1 rings (SSSR count). The van der Waals surface area contributed by atoms with E-state index in [0.717, 1.165) is 25.5 Å². The van der Waals surface area contributed by atoms with Gasteiger partial charge in [0.1, 0.15) is 0 Å². The van der Waals surface area contributed by atoms with Crippen LogP contribution in [0.1, 0.15) is 19.3 Å². The molecule has 0 bridgehead atoms. The van der Waals surface area contributed by atoms with Crippen molar-refractivity contribution in [2.75, 3.05) is 19.3 Å². The highest BCUT2D eigenvalue weighted by molar-refractivity contribution is 7.88. The summed E-state index contributed by atoms with van der Waals surface area (Å²) < 4.78 is 23.8. The van der Waals surface area contributed by atoms with Crippen molar-refractivity contribution < 1.29 is 13.5 Å². The van der Waals surface area contributed by atoms with Crippen LogP contribution < -0.4 is 10.0 Å².